The third-order valence-corrected chi connectivity index (χ3v) is 4.21. The lowest BCUT2D eigenvalue weighted by atomic mass is 10.1. The molecule has 4 heterocycles. The van der Waals surface area contributed by atoms with Gasteiger partial charge in [0.2, 0.25) is 0 Å². The van der Waals surface area contributed by atoms with Crippen LogP contribution in [0.1, 0.15) is 25.6 Å². The monoisotopic (exact) mass is 301 g/mol. The van der Waals surface area contributed by atoms with E-state index in [9.17, 15) is 0 Å². The highest BCUT2D eigenvalue weighted by atomic mass is 16.8. The number of nitrogens with zero attached hydrogens (tertiary/aromatic N) is 3. The molecule has 0 N–H and O–H groups in total. The van der Waals surface area contributed by atoms with E-state index in [1.807, 2.05) is 38.1 Å². The van der Waals surface area contributed by atoms with Gasteiger partial charge < -0.3 is 18.9 Å². The van der Waals surface area contributed by atoms with Crippen LogP contribution in [0.2, 0.25) is 0 Å². The Balaban J connectivity index is 1.64. The Morgan fingerprint density at radius 1 is 1.14 bits per heavy atom. The van der Waals surface area contributed by atoms with Gasteiger partial charge in [0.1, 0.15) is 17.5 Å². The number of hydrogen-bond acceptors (Lipinski definition) is 6. The molecule has 22 heavy (non-hydrogen) atoms. The summed E-state index contributed by atoms with van der Waals surface area (Å²) < 4.78 is 25.8. The Morgan fingerprint density at radius 2 is 2.00 bits per heavy atom. The fourth-order valence-corrected chi connectivity index (χ4v) is 3.35. The van der Waals surface area contributed by atoms with E-state index in [1.165, 1.54) is 0 Å². The molecule has 2 fully saturated rings. The summed E-state index contributed by atoms with van der Waals surface area (Å²) in [6.07, 6.45) is 0.351. The molecule has 0 spiro atoms. The summed E-state index contributed by atoms with van der Waals surface area (Å²) in [5.74, 6) is 0.0628. The van der Waals surface area contributed by atoms with Gasteiger partial charge >= 0.3 is 0 Å². The highest BCUT2D eigenvalue weighted by Gasteiger charge is 2.58. The van der Waals surface area contributed by atoms with Crippen molar-refractivity contribution in [1.29, 1.82) is 0 Å². The lowest BCUT2D eigenvalue weighted by Crippen LogP contribution is -2.35. The number of ether oxygens (including phenoxy) is 4. The van der Waals surface area contributed by atoms with Crippen LogP contribution >= 0.6 is 0 Å². The first-order valence-corrected chi connectivity index (χ1v) is 7.30. The highest BCUT2D eigenvalue weighted by Crippen LogP contribution is 2.47. The predicted molar refractivity (Wildman–Crippen MR) is 73.4 cm³/mol. The van der Waals surface area contributed by atoms with Crippen LogP contribution in [0.15, 0.2) is 30.5 Å². The zero-order chi connectivity index (χ0) is 14.9. The highest BCUT2D eigenvalue weighted by molar-refractivity contribution is 5.48. The molecule has 5 rings (SSSR count). The van der Waals surface area contributed by atoms with Gasteiger partial charge in [-0.15, -0.1) is 5.10 Å². The van der Waals surface area contributed by atoms with Gasteiger partial charge in [0, 0.05) is 0 Å². The number of para-hydroxylation sites is 2. The third kappa shape index (κ3) is 1.61. The number of rotatable bonds is 0. The fraction of sp³-hybridized carbons (Fsp3) is 0.467. The average molecular weight is 301 g/mol. The van der Waals surface area contributed by atoms with Crippen LogP contribution in [0.4, 0.5) is 0 Å². The van der Waals surface area contributed by atoms with Gasteiger partial charge in [-0.2, -0.15) is 0 Å². The standard InChI is InChI=1S/C15H15N3O4/c1-15(2)21-13-12-11(20-14(13)22-15)9-7-16-17-18(9)8-5-3-4-6-10(8)19-12/h3-7,11-14H,1-2H3/t11-,12+,13-,14-/m1/s1. The van der Waals surface area contributed by atoms with Crippen molar-refractivity contribution in [3.8, 4) is 11.4 Å². The van der Waals surface area contributed by atoms with Crippen molar-refractivity contribution in [2.24, 2.45) is 0 Å². The number of fused-ring (bicyclic) bond motifs is 7. The van der Waals surface area contributed by atoms with E-state index in [0.717, 1.165) is 17.1 Å². The van der Waals surface area contributed by atoms with Gasteiger partial charge in [0.15, 0.2) is 24.3 Å². The van der Waals surface area contributed by atoms with E-state index in [1.54, 1.807) is 10.9 Å². The van der Waals surface area contributed by atoms with Crippen LogP contribution in [0.3, 0.4) is 0 Å². The van der Waals surface area contributed by atoms with E-state index in [2.05, 4.69) is 10.3 Å². The molecular formula is C15H15N3O4. The summed E-state index contributed by atoms with van der Waals surface area (Å²) in [6, 6.07) is 7.73. The maximum absolute atomic E-state index is 6.21. The molecule has 0 amide bonds. The lowest BCUT2D eigenvalue weighted by Gasteiger charge is -2.24. The van der Waals surface area contributed by atoms with Crippen LogP contribution in [-0.2, 0) is 14.2 Å². The van der Waals surface area contributed by atoms with Crippen molar-refractivity contribution in [3.05, 3.63) is 36.2 Å². The number of aromatic nitrogens is 3. The van der Waals surface area contributed by atoms with Crippen molar-refractivity contribution >= 4 is 0 Å². The second-order valence-electron chi connectivity index (χ2n) is 6.15. The van der Waals surface area contributed by atoms with Crippen molar-refractivity contribution in [3.63, 3.8) is 0 Å². The minimum Gasteiger partial charge on any atom is -0.482 e. The summed E-state index contributed by atoms with van der Waals surface area (Å²) >= 11 is 0. The molecule has 114 valence electrons. The average Bonchev–Trinajstić information content (AvgIpc) is 3.11. The van der Waals surface area contributed by atoms with Crippen molar-refractivity contribution in [2.75, 3.05) is 0 Å². The van der Waals surface area contributed by atoms with Crippen molar-refractivity contribution in [2.45, 2.75) is 44.2 Å². The van der Waals surface area contributed by atoms with Crippen LogP contribution in [-0.4, -0.2) is 39.3 Å². The van der Waals surface area contributed by atoms with Crippen LogP contribution in [0.25, 0.3) is 5.69 Å². The van der Waals surface area contributed by atoms with Gasteiger partial charge in [0.25, 0.3) is 0 Å². The van der Waals surface area contributed by atoms with E-state index >= 15 is 0 Å². The van der Waals surface area contributed by atoms with Gasteiger partial charge in [-0.05, 0) is 26.0 Å². The first-order valence-electron chi connectivity index (χ1n) is 7.30. The smallest absolute Gasteiger partial charge is 0.191 e. The minimum absolute atomic E-state index is 0.283. The molecule has 1 aromatic heterocycles. The molecule has 7 nitrogen and oxygen atoms in total. The molecule has 3 aliphatic heterocycles. The van der Waals surface area contributed by atoms with Gasteiger partial charge in [-0.3, -0.25) is 0 Å². The minimum atomic E-state index is -0.673. The molecule has 0 unspecified atom stereocenters. The zero-order valence-corrected chi connectivity index (χ0v) is 12.2. The van der Waals surface area contributed by atoms with Gasteiger partial charge in [0.05, 0.1) is 11.9 Å². The molecule has 7 heteroatoms. The first kappa shape index (κ1) is 12.6. The molecule has 2 aromatic rings. The Kier molecular flexibility index (Phi) is 2.32. The zero-order valence-electron chi connectivity index (χ0n) is 12.2. The summed E-state index contributed by atoms with van der Waals surface area (Å²) in [5.41, 5.74) is 1.69. The summed E-state index contributed by atoms with van der Waals surface area (Å²) in [7, 11) is 0. The molecule has 0 aliphatic carbocycles. The Labute approximate surface area is 126 Å². The van der Waals surface area contributed by atoms with E-state index in [0.29, 0.717) is 0 Å². The number of hydrogen-bond donors (Lipinski definition) is 0. The molecular weight excluding hydrogens is 286 g/mol. The molecule has 3 aliphatic rings. The summed E-state index contributed by atoms with van der Waals surface area (Å²) in [5, 5.41) is 8.19. The van der Waals surface area contributed by atoms with Crippen molar-refractivity contribution < 1.29 is 18.9 Å². The summed E-state index contributed by atoms with van der Waals surface area (Å²) in [4.78, 5) is 0. The van der Waals surface area contributed by atoms with E-state index in [4.69, 9.17) is 18.9 Å². The Bertz CT molecular complexity index is 744. The maximum Gasteiger partial charge on any atom is 0.191 e. The first-order chi connectivity index (χ1) is 10.6. The lowest BCUT2D eigenvalue weighted by molar-refractivity contribution is -0.214. The van der Waals surface area contributed by atoms with Crippen molar-refractivity contribution in [1.82, 2.24) is 15.0 Å². The molecule has 1 aromatic carbocycles. The topological polar surface area (TPSA) is 67.6 Å². The maximum atomic E-state index is 6.21. The molecule has 0 saturated carbocycles. The second kappa shape index (κ2) is 4.07. The van der Waals surface area contributed by atoms with Crippen LogP contribution < -0.4 is 4.74 Å². The quantitative estimate of drug-likeness (QED) is 0.736. The Morgan fingerprint density at radius 3 is 2.91 bits per heavy atom. The summed E-state index contributed by atoms with van der Waals surface area (Å²) in [6.45, 7) is 3.75. The molecule has 0 bridgehead atoms. The second-order valence-corrected chi connectivity index (χ2v) is 6.15. The number of benzene rings is 1. The normalized spacial score (nSPS) is 34.1. The largest absolute Gasteiger partial charge is 0.482 e. The predicted octanol–water partition coefficient (Wildman–Crippen LogP) is 1.58. The van der Waals surface area contributed by atoms with Crippen LogP contribution in [0, 0.1) is 0 Å². The molecule has 0 radical (unpaired) electrons. The molecule has 2 saturated heterocycles. The SMILES string of the molecule is CC1(C)O[C@H]2O[C@@H]3c4cnnn4-c4ccccc4O[C@@H]3[C@H]2O1. The fourth-order valence-electron chi connectivity index (χ4n) is 3.35. The van der Waals surface area contributed by atoms with E-state index < -0.39 is 12.1 Å². The van der Waals surface area contributed by atoms with E-state index in [-0.39, 0.29) is 18.3 Å². The van der Waals surface area contributed by atoms with Gasteiger partial charge in [-0.25, -0.2) is 4.68 Å². The van der Waals surface area contributed by atoms with Gasteiger partial charge in [-0.1, -0.05) is 17.3 Å². The third-order valence-electron chi connectivity index (χ3n) is 4.21. The molecule has 4 atom stereocenters. The van der Waals surface area contributed by atoms with Crippen LogP contribution in [0.5, 0.6) is 5.75 Å². The Hall–Kier alpha value is -1.96.